The third kappa shape index (κ3) is 4.15. The van der Waals surface area contributed by atoms with Crippen LogP contribution in [0.3, 0.4) is 0 Å². The largest absolute Gasteiger partial charge is 0.497 e. The zero-order chi connectivity index (χ0) is 16.8. The molecule has 0 spiro atoms. The predicted molar refractivity (Wildman–Crippen MR) is 94.8 cm³/mol. The van der Waals surface area contributed by atoms with Crippen LogP contribution >= 0.6 is 0 Å². The highest BCUT2D eigenvalue weighted by Gasteiger charge is 2.27. The van der Waals surface area contributed by atoms with Gasteiger partial charge < -0.3 is 10.1 Å². The van der Waals surface area contributed by atoms with E-state index in [1.165, 1.54) is 5.56 Å². The molecule has 1 N–H and O–H groups in total. The summed E-state index contributed by atoms with van der Waals surface area (Å²) < 4.78 is 5.22. The average Bonchev–Trinajstić information content (AvgIpc) is 3.09. The van der Waals surface area contributed by atoms with Crippen molar-refractivity contribution in [3.05, 3.63) is 65.7 Å². The highest BCUT2D eigenvalue weighted by molar-refractivity contribution is 5.78. The summed E-state index contributed by atoms with van der Waals surface area (Å²) in [6, 6.07) is 18.5. The Hall–Kier alpha value is -2.33. The molecule has 1 aliphatic heterocycles. The van der Waals surface area contributed by atoms with Crippen molar-refractivity contribution in [1.29, 1.82) is 0 Å². The van der Waals surface area contributed by atoms with Crippen LogP contribution in [0.2, 0.25) is 0 Å². The van der Waals surface area contributed by atoms with Crippen molar-refractivity contribution in [3.63, 3.8) is 0 Å². The summed E-state index contributed by atoms with van der Waals surface area (Å²) in [4.78, 5) is 14.5. The molecule has 0 aromatic heterocycles. The Morgan fingerprint density at radius 1 is 1.17 bits per heavy atom. The number of hydrogen-bond donors (Lipinski definition) is 1. The monoisotopic (exact) mass is 324 g/mol. The predicted octanol–water partition coefficient (Wildman–Crippen LogP) is 3.15. The first kappa shape index (κ1) is 16.5. The molecule has 1 fully saturated rings. The molecule has 24 heavy (non-hydrogen) atoms. The number of ether oxygens (including phenoxy) is 1. The van der Waals surface area contributed by atoms with Gasteiger partial charge in [-0.25, -0.2) is 0 Å². The van der Waals surface area contributed by atoms with E-state index in [1.807, 2.05) is 42.5 Å². The molecule has 0 radical (unpaired) electrons. The van der Waals surface area contributed by atoms with E-state index >= 15 is 0 Å². The molecule has 2 aromatic carbocycles. The summed E-state index contributed by atoms with van der Waals surface area (Å²) in [5, 5.41) is 3.02. The number of hydrogen-bond acceptors (Lipinski definition) is 3. The van der Waals surface area contributed by atoms with Gasteiger partial charge >= 0.3 is 0 Å². The maximum atomic E-state index is 12.3. The molecule has 4 heteroatoms. The van der Waals surface area contributed by atoms with Gasteiger partial charge in [0.2, 0.25) is 5.91 Å². The van der Waals surface area contributed by atoms with E-state index in [0.717, 1.165) is 30.7 Å². The molecule has 1 atom stereocenters. The molecule has 1 aliphatic rings. The molecule has 1 heterocycles. The SMILES string of the molecule is COc1ccc([C@H]2CCCN2CC(=O)NCc2ccccc2)cc1. The van der Waals surface area contributed by atoms with Gasteiger partial charge in [0.05, 0.1) is 13.7 Å². The van der Waals surface area contributed by atoms with Crippen molar-refractivity contribution in [2.75, 3.05) is 20.2 Å². The Labute approximate surface area is 143 Å². The smallest absolute Gasteiger partial charge is 0.234 e. The van der Waals surface area contributed by atoms with Gasteiger partial charge in [0.1, 0.15) is 5.75 Å². The molecule has 4 nitrogen and oxygen atoms in total. The molecule has 0 saturated carbocycles. The first-order valence-corrected chi connectivity index (χ1v) is 8.45. The van der Waals surface area contributed by atoms with Crippen LogP contribution in [0.1, 0.15) is 30.0 Å². The molecule has 126 valence electrons. The van der Waals surface area contributed by atoms with Crippen LogP contribution < -0.4 is 10.1 Å². The van der Waals surface area contributed by atoms with Crippen LogP contribution in [0.5, 0.6) is 5.75 Å². The first-order chi connectivity index (χ1) is 11.8. The minimum atomic E-state index is 0.0827. The van der Waals surface area contributed by atoms with Crippen LogP contribution in [0.25, 0.3) is 0 Å². The highest BCUT2D eigenvalue weighted by atomic mass is 16.5. The van der Waals surface area contributed by atoms with Crippen LogP contribution in [-0.2, 0) is 11.3 Å². The summed E-state index contributed by atoms with van der Waals surface area (Å²) >= 11 is 0. The second-order valence-electron chi connectivity index (χ2n) is 6.16. The number of nitrogens with zero attached hydrogens (tertiary/aromatic N) is 1. The number of rotatable bonds is 6. The van der Waals surface area contributed by atoms with E-state index in [1.54, 1.807) is 7.11 Å². The normalized spacial score (nSPS) is 17.6. The standard InChI is InChI=1S/C20H24N2O2/c1-24-18-11-9-17(10-12-18)19-8-5-13-22(19)15-20(23)21-14-16-6-3-2-4-7-16/h2-4,6-7,9-12,19H,5,8,13-15H2,1H3,(H,21,23)/t19-/m1/s1. The van der Waals surface area contributed by atoms with Crippen molar-refractivity contribution < 1.29 is 9.53 Å². The lowest BCUT2D eigenvalue weighted by Gasteiger charge is -2.24. The molecule has 3 rings (SSSR count). The Morgan fingerprint density at radius 2 is 1.92 bits per heavy atom. The van der Waals surface area contributed by atoms with Gasteiger partial charge in [0.25, 0.3) is 0 Å². The average molecular weight is 324 g/mol. The topological polar surface area (TPSA) is 41.6 Å². The van der Waals surface area contributed by atoms with E-state index in [4.69, 9.17) is 4.74 Å². The first-order valence-electron chi connectivity index (χ1n) is 8.45. The van der Waals surface area contributed by atoms with E-state index in [9.17, 15) is 4.79 Å². The molecule has 0 unspecified atom stereocenters. The highest BCUT2D eigenvalue weighted by Crippen LogP contribution is 2.32. The fraction of sp³-hybridized carbons (Fsp3) is 0.350. The van der Waals surface area contributed by atoms with Crippen molar-refractivity contribution in [2.24, 2.45) is 0 Å². The van der Waals surface area contributed by atoms with Crippen LogP contribution in [0.4, 0.5) is 0 Å². The minimum Gasteiger partial charge on any atom is -0.497 e. The van der Waals surface area contributed by atoms with Crippen molar-refractivity contribution in [3.8, 4) is 5.75 Å². The maximum Gasteiger partial charge on any atom is 0.234 e. The second-order valence-corrected chi connectivity index (χ2v) is 6.16. The molecule has 0 aliphatic carbocycles. The fourth-order valence-corrected chi connectivity index (χ4v) is 3.26. The quantitative estimate of drug-likeness (QED) is 0.887. The summed E-state index contributed by atoms with van der Waals surface area (Å²) in [5.41, 5.74) is 2.38. The Kier molecular flexibility index (Phi) is 5.49. The molecular weight excluding hydrogens is 300 g/mol. The lowest BCUT2D eigenvalue weighted by Crippen LogP contribution is -2.36. The van der Waals surface area contributed by atoms with Crippen molar-refractivity contribution >= 4 is 5.91 Å². The van der Waals surface area contributed by atoms with Crippen molar-refractivity contribution in [2.45, 2.75) is 25.4 Å². The Morgan fingerprint density at radius 3 is 2.62 bits per heavy atom. The molecule has 1 amide bonds. The van der Waals surface area contributed by atoms with Gasteiger partial charge in [-0.2, -0.15) is 0 Å². The minimum absolute atomic E-state index is 0.0827. The number of likely N-dealkylation sites (tertiary alicyclic amines) is 1. The molecule has 2 aromatic rings. The molecular formula is C20H24N2O2. The second kappa shape index (κ2) is 7.97. The molecule has 1 saturated heterocycles. The number of carbonyl (C=O) groups excluding carboxylic acids is 1. The lowest BCUT2D eigenvalue weighted by molar-refractivity contribution is -0.122. The number of benzene rings is 2. The zero-order valence-electron chi connectivity index (χ0n) is 14.1. The van der Waals surface area contributed by atoms with Gasteiger partial charge in [0, 0.05) is 12.6 Å². The Balaban J connectivity index is 1.56. The third-order valence-corrected chi connectivity index (χ3v) is 4.54. The van der Waals surface area contributed by atoms with E-state index in [0.29, 0.717) is 19.1 Å². The van der Waals surface area contributed by atoms with Gasteiger partial charge in [-0.3, -0.25) is 9.69 Å². The summed E-state index contributed by atoms with van der Waals surface area (Å²) in [6.07, 6.45) is 2.22. The van der Waals surface area contributed by atoms with Gasteiger partial charge in [0.15, 0.2) is 0 Å². The van der Waals surface area contributed by atoms with Crippen LogP contribution in [0, 0.1) is 0 Å². The number of methoxy groups -OCH3 is 1. The van der Waals surface area contributed by atoms with Crippen LogP contribution in [-0.4, -0.2) is 31.0 Å². The van der Waals surface area contributed by atoms with Gasteiger partial charge in [-0.15, -0.1) is 0 Å². The number of carbonyl (C=O) groups is 1. The van der Waals surface area contributed by atoms with Gasteiger partial charge in [-0.1, -0.05) is 42.5 Å². The van der Waals surface area contributed by atoms with E-state index < -0.39 is 0 Å². The zero-order valence-corrected chi connectivity index (χ0v) is 14.1. The fourth-order valence-electron chi connectivity index (χ4n) is 3.26. The van der Waals surface area contributed by atoms with E-state index in [-0.39, 0.29) is 5.91 Å². The summed E-state index contributed by atoms with van der Waals surface area (Å²) in [5.74, 6) is 0.947. The van der Waals surface area contributed by atoms with Crippen molar-refractivity contribution in [1.82, 2.24) is 10.2 Å². The summed E-state index contributed by atoms with van der Waals surface area (Å²) in [6.45, 7) is 2.00. The lowest BCUT2D eigenvalue weighted by atomic mass is 10.0. The summed E-state index contributed by atoms with van der Waals surface area (Å²) in [7, 11) is 1.67. The van der Waals surface area contributed by atoms with E-state index in [2.05, 4.69) is 22.3 Å². The Bertz CT molecular complexity index is 655. The van der Waals surface area contributed by atoms with Gasteiger partial charge in [-0.05, 0) is 42.6 Å². The molecule has 0 bridgehead atoms. The van der Waals surface area contributed by atoms with Crippen LogP contribution in [0.15, 0.2) is 54.6 Å². The third-order valence-electron chi connectivity index (χ3n) is 4.54. The maximum absolute atomic E-state index is 12.3. The number of amides is 1. The number of nitrogens with one attached hydrogen (secondary N) is 1.